The summed E-state index contributed by atoms with van der Waals surface area (Å²) in [6.07, 6.45) is 1.89. The SMILES string of the molecule is O=C(OF)C1CC12CC=C(OS(=O)(=O)C(F)(F)F)CC2. The Labute approximate surface area is 111 Å². The molecule has 0 N–H and O–H groups in total. The molecule has 5 nitrogen and oxygen atoms in total. The highest BCUT2D eigenvalue weighted by Crippen LogP contribution is 2.61. The van der Waals surface area contributed by atoms with Crippen LogP contribution in [0.1, 0.15) is 25.7 Å². The van der Waals surface area contributed by atoms with E-state index in [1.54, 1.807) is 0 Å². The van der Waals surface area contributed by atoms with Gasteiger partial charge in [0, 0.05) is 10.9 Å². The largest absolute Gasteiger partial charge is 0.534 e. The van der Waals surface area contributed by atoms with Crippen molar-refractivity contribution in [3.05, 3.63) is 11.8 Å². The van der Waals surface area contributed by atoms with Crippen LogP contribution in [0, 0.1) is 11.3 Å². The van der Waals surface area contributed by atoms with Gasteiger partial charge in [0.1, 0.15) is 5.76 Å². The van der Waals surface area contributed by atoms with E-state index in [0.717, 1.165) is 0 Å². The van der Waals surface area contributed by atoms with Gasteiger partial charge in [0.05, 0.1) is 5.92 Å². The molecule has 0 aromatic rings. The average molecular weight is 318 g/mol. The predicted molar refractivity (Wildman–Crippen MR) is 55.7 cm³/mol. The van der Waals surface area contributed by atoms with Crippen LogP contribution in [0.25, 0.3) is 0 Å². The van der Waals surface area contributed by atoms with Crippen molar-refractivity contribution >= 4 is 16.1 Å². The molecule has 20 heavy (non-hydrogen) atoms. The first-order valence-corrected chi connectivity index (χ1v) is 7.04. The van der Waals surface area contributed by atoms with Crippen molar-refractivity contribution in [2.45, 2.75) is 31.2 Å². The molecule has 2 rings (SSSR count). The number of hydrogen-bond acceptors (Lipinski definition) is 5. The Balaban J connectivity index is 2.00. The Hall–Kier alpha value is -1.32. The van der Waals surface area contributed by atoms with Crippen LogP contribution in [0.2, 0.25) is 0 Å². The van der Waals surface area contributed by atoms with E-state index in [4.69, 9.17) is 0 Å². The summed E-state index contributed by atoms with van der Waals surface area (Å²) in [4.78, 5) is 14.1. The monoisotopic (exact) mass is 318 g/mol. The van der Waals surface area contributed by atoms with Crippen LogP contribution in [0.5, 0.6) is 0 Å². The number of hydrogen-bond donors (Lipinski definition) is 0. The van der Waals surface area contributed by atoms with E-state index < -0.39 is 32.9 Å². The normalized spacial score (nSPS) is 29.8. The molecule has 2 aliphatic rings. The molecular formula is C10H10F4O5S. The molecule has 114 valence electrons. The molecule has 0 saturated heterocycles. The van der Waals surface area contributed by atoms with Gasteiger partial charge in [-0.15, -0.1) is 0 Å². The lowest BCUT2D eigenvalue weighted by Gasteiger charge is -2.22. The van der Waals surface area contributed by atoms with Crippen molar-refractivity contribution in [2.75, 3.05) is 0 Å². The lowest BCUT2D eigenvalue weighted by molar-refractivity contribution is -0.186. The van der Waals surface area contributed by atoms with E-state index in [1.165, 1.54) is 6.08 Å². The predicted octanol–water partition coefficient (Wildman–Crippen LogP) is 2.35. The second kappa shape index (κ2) is 4.61. The molecule has 0 amide bonds. The lowest BCUT2D eigenvalue weighted by Crippen LogP contribution is -2.26. The van der Waals surface area contributed by atoms with Gasteiger partial charge in [-0.2, -0.15) is 21.6 Å². The summed E-state index contributed by atoms with van der Waals surface area (Å²) in [7, 11) is -5.67. The van der Waals surface area contributed by atoms with E-state index in [-0.39, 0.29) is 25.0 Å². The van der Waals surface area contributed by atoms with Crippen LogP contribution >= 0.6 is 0 Å². The fourth-order valence-electron chi connectivity index (χ4n) is 2.39. The summed E-state index contributed by atoms with van der Waals surface area (Å²) in [5.74, 6) is -1.96. The molecule has 1 fully saturated rings. The van der Waals surface area contributed by atoms with Crippen molar-refractivity contribution in [3.63, 3.8) is 0 Å². The smallest absolute Gasteiger partial charge is 0.381 e. The zero-order valence-electron chi connectivity index (χ0n) is 9.94. The molecule has 0 bridgehead atoms. The van der Waals surface area contributed by atoms with E-state index in [2.05, 4.69) is 9.12 Å². The minimum absolute atomic E-state index is 0.0641. The van der Waals surface area contributed by atoms with Crippen LogP contribution in [0.15, 0.2) is 11.8 Å². The second-order valence-corrected chi connectivity index (χ2v) is 6.41. The third-order valence-electron chi connectivity index (χ3n) is 3.66. The van der Waals surface area contributed by atoms with Crippen molar-refractivity contribution in [1.29, 1.82) is 0 Å². The first kappa shape index (κ1) is 15.1. The maximum Gasteiger partial charge on any atom is 0.534 e. The molecule has 0 aliphatic heterocycles. The van der Waals surface area contributed by atoms with Crippen LogP contribution in [0.3, 0.4) is 0 Å². The fourth-order valence-corrected chi connectivity index (χ4v) is 2.92. The van der Waals surface area contributed by atoms with Crippen LogP contribution < -0.4 is 0 Å². The minimum atomic E-state index is -5.67. The van der Waals surface area contributed by atoms with Crippen molar-refractivity contribution in [1.82, 2.24) is 0 Å². The quantitative estimate of drug-likeness (QED) is 0.454. The highest BCUT2D eigenvalue weighted by molar-refractivity contribution is 7.87. The van der Waals surface area contributed by atoms with Crippen LogP contribution in [-0.4, -0.2) is 19.9 Å². The summed E-state index contributed by atoms with van der Waals surface area (Å²) in [5, 5.41) is 0. The molecule has 2 atom stereocenters. The van der Waals surface area contributed by atoms with Gasteiger partial charge in [-0.05, 0) is 30.8 Å². The average Bonchev–Trinajstić information content (AvgIpc) is 3.04. The van der Waals surface area contributed by atoms with Crippen molar-refractivity contribution in [3.8, 4) is 0 Å². The zero-order valence-corrected chi connectivity index (χ0v) is 10.8. The summed E-state index contributed by atoms with van der Waals surface area (Å²) < 4.78 is 73.7. The summed E-state index contributed by atoms with van der Waals surface area (Å²) in [6, 6.07) is 0. The van der Waals surface area contributed by atoms with Gasteiger partial charge in [0.15, 0.2) is 0 Å². The first-order valence-electron chi connectivity index (χ1n) is 5.63. The lowest BCUT2D eigenvalue weighted by atomic mass is 9.88. The van der Waals surface area contributed by atoms with Gasteiger partial charge in [-0.3, -0.25) is 4.94 Å². The van der Waals surface area contributed by atoms with E-state index in [1.807, 2.05) is 0 Å². The topological polar surface area (TPSA) is 69.7 Å². The highest BCUT2D eigenvalue weighted by atomic mass is 32.2. The number of allylic oxidation sites excluding steroid dienone is 2. The zero-order chi connectivity index (χ0) is 15.2. The summed E-state index contributed by atoms with van der Waals surface area (Å²) in [6.45, 7) is 0. The van der Waals surface area contributed by atoms with Gasteiger partial charge < -0.3 is 4.18 Å². The summed E-state index contributed by atoms with van der Waals surface area (Å²) in [5.41, 5.74) is -6.03. The summed E-state index contributed by atoms with van der Waals surface area (Å²) >= 11 is 0. The third-order valence-corrected chi connectivity index (χ3v) is 4.66. The van der Waals surface area contributed by atoms with Crippen molar-refractivity contribution in [2.24, 2.45) is 11.3 Å². The van der Waals surface area contributed by atoms with Crippen LogP contribution in [-0.2, 0) is 24.0 Å². The Morgan fingerprint density at radius 3 is 2.50 bits per heavy atom. The molecule has 2 aliphatic carbocycles. The van der Waals surface area contributed by atoms with E-state index >= 15 is 0 Å². The molecule has 1 spiro atoms. The van der Waals surface area contributed by atoms with Gasteiger partial charge in [0.2, 0.25) is 0 Å². The number of halogens is 4. The molecule has 2 unspecified atom stereocenters. The third kappa shape index (κ3) is 2.60. The Bertz CT molecular complexity index is 552. The van der Waals surface area contributed by atoms with Gasteiger partial charge in [-0.25, -0.2) is 4.79 Å². The molecule has 0 heterocycles. The maximum absolute atomic E-state index is 12.1. The Morgan fingerprint density at radius 2 is 2.05 bits per heavy atom. The molecule has 0 aromatic carbocycles. The number of carbonyl (C=O) groups excluding carboxylic acids is 1. The van der Waals surface area contributed by atoms with Crippen molar-refractivity contribution < 1.29 is 40.0 Å². The number of carbonyl (C=O) groups is 1. The van der Waals surface area contributed by atoms with Crippen LogP contribution in [0.4, 0.5) is 17.7 Å². The standard InChI is InChI=1S/C10H10F4O5S/c11-10(12,13)20(16,17)19-6-1-3-9(4-2-6)5-7(9)8(15)18-14/h1,7H,2-5H2. The highest BCUT2D eigenvalue weighted by Gasteiger charge is 2.59. The molecule has 1 saturated carbocycles. The molecule has 0 radical (unpaired) electrons. The fraction of sp³-hybridized carbons (Fsp3) is 0.700. The molecular weight excluding hydrogens is 308 g/mol. The second-order valence-electron chi connectivity index (χ2n) is 4.87. The number of alkyl halides is 3. The maximum atomic E-state index is 12.1. The van der Waals surface area contributed by atoms with Gasteiger partial charge in [0.25, 0.3) is 0 Å². The molecule has 0 aromatic heterocycles. The Kier molecular flexibility index (Phi) is 3.47. The minimum Gasteiger partial charge on any atom is -0.381 e. The first-order chi connectivity index (χ1) is 9.11. The Morgan fingerprint density at radius 1 is 1.40 bits per heavy atom. The molecule has 10 heteroatoms. The van der Waals surface area contributed by atoms with E-state index in [9.17, 15) is 30.9 Å². The number of rotatable bonds is 3. The van der Waals surface area contributed by atoms with Gasteiger partial charge >= 0.3 is 21.6 Å². The van der Waals surface area contributed by atoms with E-state index in [0.29, 0.717) is 6.42 Å². The van der Waals surface area contributed by atoms with Gasteiger partial charge in [-0.1, -0.05) is 0 Å².